The summed E-state index contributed by atoms with van der Waals surface area (Å²) in [7, 11) is 0. The van der Waals surface area contributed by atoms with Crippen molar-refractivity contribution in [1.82, 2.24) is 9.97 Å². The fourth-order valence-electron chi connectivity index (χ4n) is 0.793. The molecule has 0 aliphatic rings. The van der Waals surface area contributed by atoms with Crippen LogP contribution in [-0.2, 0) is 0 Å². The summed E-state index contributed by atoms with van der Waals surface area (Å²) in [6.45, 7) is 3.83. The highest BCUT2D eigenvalue weighted by molar-refractivity contribution is 5.30. The molecule has 1 rings (SSSR count). The number of aromatic nitrogens is 2. The smallest absolute Gasteiger partial charge is 0.316 e. The Bertz CT molecular complexity index is 279. The second kappa shape index (κ2) is 4.23. The van der Waals surface area contributed by atoms with Crippen molar-refractivity contribution in [3.63, 3.8) is 0 Å². The second-order valence-corrected chi connectivity index (χ2v) is 3.71. The number of aliphatic hydroxyl groups is 1. The van der Waals surface area contributed by atoms with E-state index in [-0.39, 0.29) is 6.01 Å². The molecule has 0 radical (unpaired) electrons. The van der Waals surface area contributed by atoms with Gasteiger partial charge in [-0.2, -0.15) is 0 Å². The van der Waals surface area contributed by atoms with Gasteiger partial charge in [-0.15, -0.1) is 0 Å². The molecule has 0 atom stereocenters. The molecule has 0 amide bonds. The zero-order chi connectivity index (χ0) is 10.6. The molecule has 14 heavy (non-hydrogen) atoms. The van der Waals surface area contributed by atoms with Gasteiger partial charge in [0.05, 0.1) is 30.3 Å². The van der Waals surface area contributed by atoms with Crippen molar-refractivity contribution in [2.24, 2.45) is 0 Å². The second-order valence-electron chi connectivity index (χ2n) is 3.71. The molecule has 0 bridgehead atoms. The summed E-state index contributed by atoms with van der Waals surface area (Å²) in [5.41, 5.74) is 5.18. The fourth-order valence-corrected chi connectivity index (χ4v) is 0.793. The van der Waals surface area contributed by atoms with Crippen molar-refractivity contribution >= 4 is 5.69 Å². The Hall–Kier alpha value is -1.36. The molecule has 0 saturated carbocycles. The first-order valence-corrected chi connectivity index (χ1v) is 4.40. The maximum Gasteiger partial charge on any atom is 0.316 e. The number of rotatable bonds is 4. The summed E-state index contributed by atoms with van der Waals surface area (Å²) in [5, 5.41) is 9.40. The molecule has 0 aromatic carbocycles. The van der Waals surface area contributed by atoms with Crippen LogP contribution in [0.1, 0.15) is 20.3 Å². The van der Waals surface area contributed by atoms with Crippen molar-refractivity contribution in [2.45, 2.75) is 25.9 Å². The predicted molar refractivity (Wildman–Crippen MR) is 52.9 cm³/mol. The van der Waals surface area contributed by atoms with E-state index in [9.17, 15) is 5.11 Å². The highest BCUT2D eigenvalue weighted by atomic mass is 16.5. The van der Waals surface area contributed by atoms with E-state index in [2.05, 4.69) is 9.97 Å². The molecule has 1 aromatic rings. The van der Waals surface area contributed by atoms with Crippen LogP contribution >= 0.6 is 0 Å². The molecule has 0 spiro atoms. The van der Waals surface area contributed by atoms with Gasteiger partial charge < -0.3 is 15.6 Å². The minimum absolute atomic E-state index is 0.281. The third-order valence-corrected chi connectivity index (χ3v) is 1.59. The third kappa shape index (κ3) is 4.04. The fraction of sp³-hybridized carbons (Fsp3) is 0.556. The minimum atomic E-state index is -0.728. The Balaban J connectivity index is 2.35. The van der Waals surface area contributed by atoms with Gasteiger partial charge in [0, 0.05) is 6.42 Å². The molecule has 5 heteroatoms. The molecule has 0 aliphatic carbocycles. The van der Waals surface area contributed by atoms with Gasteiger partial charge >= 0.3 is 6.01 Å². The van der Waals surface area contributed by atoms with Crippen LogP contribution in [0.2, 0.25) is 0 Å². The van der Waals surface area contributed by atoms with E-state index >= 15 is 0 Å². The largest absolute Gasteiger partial charge is 0.463 e. The lowest BCUT2D eigenvalue weighted by Crippen LogP contribution is -2.22. The monoisotopic (exact) mass is 197 g/mol. The van der Waals surface area contributed by atoms with Crippen LogP contribution in [0.15, 0.2) is 12.4 Å². The Morgan fingerprint density at radius 1 is 1.43 bits per heavy atom. The van der Waals surface area contributed by atoms with Gasteiger partial charge in [0.1, 0.15) is 0 Å². The van der Waals surface area contributed by atoms with Crippen molar-refractivity contribution in [3.05, 3.63) is 12.4 Å². The lowest BCUT2D eigenvalue weighted by Gasteiger charge is -2.16. The summed E-state index contributed by atoms with van der Waals surface area (Å²) >= 11 is 0. The maximum absolute atomic E-state index is 9.40. The Kier molecular flexibility index (Phi) is 3.24. The van der Waals surface area contributed by atoms with Gasteiger partial charge in [0.15, 0.2) is 0 Å². The zero-order valence-electron chi connectivity index (χ0n) is 8.40. The number of anilines is 1. The van der Waals surface area contributed by atoms with Gasteiger partial charge in [0.25, 0.3) is 0 Å². The molecule has 0 fully saturated rings. The van der Waals surface area contributed by atoms with Crippen LogP contribution in [0.3, 0.4) is 0 Å². The Morgan fingerprint density at radius 2 is 2.00 bits per heavy atom. The van der Waals surface area contributed by atoms with E-state index in [1.807, 2.05) is 0 Å². The number of hydrogen-bond donors (Lipinski definition) is 2. The zero-order valence-corrected chi connectivity index (χ0v) is 8.40. The van der Waals surface area contributed by atoms with E-state index in [1.54, 1.807) is 13.8 Å². The van der Waals surface area contributed by atoms with E-state index in [1.165, 1.54) is 12.4 Å². The lowest BCUT2D eigenvalue weighted by atomic mass is 10.1. The number of hydrogen-bond acceptors (Lipinski definition) is 5. The molecular formula is C9H15N3O2. The number of nitrogens with two attached hydrogens (primary N) is 1. The minimum Gasteiger partial charge on any atom is -0.463 e. The van der Waals surface area contributed by atoms with E-state index in [0.29, 0.717) is 18.7 Å². The van der Waals surface area contributed by atoms with E-state index in [4.69, 9.17) is 10.5 Å². The van der Waals surface area contributed by atoms with Crippen molar-refractivity contribution < 1.29 is 9.84 Å². The first-order chi connectivity index (χ1) is 6.47. The summed E-state index contributed by atoms with van der Waals surface area (Å²) < 4.78 is 5.20. The van der Waals surface area contributed by atoms with Crippen molar-refractivity contribution in [3.8, 4) is 6.01 Å². The molecule has 1 heterocycles. The van der Waals surface area contributed by atoms with Gasteiger partial charge in [-0.1, -0.05) is 0 Å². The van der Waals surface area contributed by atoms with Gasteiger partial charge in [-0.3, -0.25) is 0 Å². The molecule has 0 saturated heterocycles. The number of nitrogen functional groups attached to an aromatic ring is 1. The first kappa shape index (κ1) is 10.7. The Morgan fingerprint density at radius 3 is 2.50 bits per heavy atom. The van der Waals surface area contributed by atoms with Gasteiger partial charge in [-0.05, 0) is 13.8 Å². The number of ether oxygens (including phenoxy) is 1. The first-order valence-electron chi connectivity index (χ1n) is 4.40. The molecule has 0 unspecified atom stereocenters. The van der Waals surface area contributed by atoms with Crippen molar-refractivity contribution in [2.75, 3.05) is 12.3 Å². The third-order valence-electron chi connectivity index (χ3n) is 1.59. The Labute approximate surface area is 82.9 Å². The summed E-state index contributed by atoms with van der Waals surface area (Å²) in [5.74, 6) is 0. The van der Waals surface area contributed by atoms with Crippen LogP contribution in [0.4, 0.5) is 5.69 Å². The van der Waals surface area contributed by atoms with E-state index in [0.717, 1.165) is 0 Å². The molecular weight excluding hydrogens is 182 g/mol. The molecule has 5 nitrogen and oxygen atoms in total. The molecule has 3 N–H and O–H groups in total. The highest BCUT2D eigenvalue weighted by Crippen LogP contribution is 2.09. The SMILES string of the molecule is CC(C)(O)CCOc1ncc(N)cn1. The maximum atomic E-state index is 9.40. The molecule has 0 aliphatic heterocycles. The van der Waals surface area contributed by atoms with Crippen LogP contribution in [0.25, 0.3) is 0 Å². The predicted octanol–water partition coefficient (Wildman–Crippen LogP) is 0.599. The standard InChI is InChI=1S/C9H15N3O2/c1-9(2,13)3-4-14-8-11-5-7(10)6-12-8/h5-6,13H,3-4,10H2,1-2H3. The van der Waals surface area contributed by atoms with Crippen LogP contribution in [-0.4, -0.2) is 27.3 Å². The van der Waals surface area contributed by atoms with Crippen LogP contribution in [0.5, 0.6) is 6.01 Å². The average Bonchev–Trinajstić information content (AvgIpc) is 2.06. The quantitative estimate of drug-likeness (QED) is 0.738. The number of nitrogens with zero attached hydrogens (tertiary/aromatic N) is 2. The summed E-state index contributed by atoms with van der Waals surface area (Å²) in [6, 6.07) is 0.281. The normalized spacial score (nSPS) is 11.4. The average molecular weight is 197 g/mol. The van der Waals surface area contributed by atoms with Crippen molar-refractivity contribution in [1.29, 1.82) is 0 Å². The van der Waals surface area contributed by atoms with Crippen LogP contribution in [0, 0.1) is 0 Å². The topological polar surface area (TPSA) is 81.3 Å². The highest BCUT2D eigenvalue weighted by Gasteiger charge is 2.12. The lowest BCUT2D eigenvalue weighted by molar-refractivity contribution is 0.0539. The molecule has 78 valence electrons. The molecule has 1 aromatic heterocycles. The van der Waals surface area contributed by atoms with E-state index < -0.39 is 5.60 Å². The van der Waals surface area contributed by atoms with Gasteiger partial charge in [0.2, 0.25) is 0 Å². The summed E-state index contributed by atoms with van der Waals surface area (Å²) in [6.07, 6.45) is 3.49. The van der Waals surface area contributed by atoms with Crippen LogP contribution < -0.4 is 10.5 Å². The van der Waals surface area contributed by atoms with Gasteiger partial charge in [-0.25, -0.2) is 9.97 Å². The summed E-state index contributed by atoms with van der Waals surface area (Å²) in [4.78, 5) is 7.72.